The number of nitrogens with zero attached hydrogens (tertiary/aromatic N) is 1. The molecule has 272 valence electrons. The van der Waals surface area contributed by atoms with E-state index in [1.165, 1.54) is 55.6 Å². The number of hydrogen-bond acceptors (Lipinski definition) is 3. The molecule has 5 aliphatic rings. The number of rotatable bonds is 2. The number of fused-ring (bicyclic) bond motifs is 20. The molecule has 4 nitrogen and oxygen atoms in total. The third-order valence-corrected chi connectivity index (χ3v) is 13.5. The van der Waals surface area contributed by atoms with Crippen LogP contribution in [0.4, 0.5) is 0 Å². The van der Waals surface area contributed by atoms with Gasteiger partial charge in [-0.1, -0.05) is 127 Å². The smallest absolute Gasteiger partial charge is 0.115 e. The number of aromatic amines is 1. The Bertz CT molecular complexity index is 3170. The monoisotopic (exact) mass is 742 g/mol. The molecule has 1 aromatic heterocycles. The van der Waals surface area contributed by atoms with Gasteiger partial charge in [0.1, 0.15) is 11.5 Å². The first-order valence-electron chi connectivity index (χ1n) is 19.9. The number of benzene rings is 7. The molecular weight excluding hydrogens is 709 g/mol. The zero-order valence-electron chi connectivity index (χ0n) is 31.5. The third kappa shape index (κ3) is 3.69. The van der Waals surface area contributed by atoms with E-state index in [-0.39, 0.29) is 11.5 Å². The Hall–Kier alpha value is -7.43. The minimum atomic E-state index is -0.639. The minimum absolute atomic E-state index is 0.246. The number of hydrogen-bond donors (Lipinski definition) is 3. The largest absolute Gasteiger partial charge is 0.508 e. The molecular formula is C54H34N2O2. The molecule has 0 bridgehead atoms. The molecule has 0 saturated carbocycles. The molecule has 4 heteroatoms. The van der Waals surface area contributed by atoms with Gasteiger partial charge >= 0.3 is 0 Å². The first kappa shape index (κ1) is 31.7. The van der Waals surface area contributed by atoms with Gasteiger partial charge in [0.2, 0.25) is 0 Å². The lowest BCUT2D eigenvalue weighted by atomic mass is 9.70. The second kappa shape index (κ2) is 10.9. The molecule has 2 heterocycles. The molecule has 2 spiro atoms. The Morgan fingerprint density at radius 3 is 1.55 bits per heavy atom. The number of aryl methyl sites for hydroxylation is 1. The van der Waals surface area contributed by atoms with E-state index in [1.807, 2.05) is 18.2 Å². The lowest BCUT2D eigenvalue weighted by molar-refractivity contribution is 0.473. The number of aliphatic imine (C=N–C) groups is 1. The van der Waals surface area contributed by atoms with Crippen LogP contribution in [0.15, 0.2) is 186 Å². The van der Waals surface area contributed by atoms with E-state index in [0.29, 0.717) is 0 Å². The summed E-state index contributed by atoms with van der Waals surface area (Å²) in [5, 5.41) is 22.1. The van der Waals surface area contributed by atoms with Crippen LogP contribution in [0.3, 0.4) is 0 Å². The fourth-order valence-electron chi connectivity index (χ4n) is 11.3. The highest BCUT2D eigenvalue weighted by Crippen LogP contribution is 2.65. The average Bonchev–Trinajstić information content (AvgIpc) is 4.08. The van der Waals surface area contributed by atoms with E-state index in [2.05, 4.69) is 151 Å². The van der Waals surface area contributed by atoms with Gasteiger partial charge in [-0.05, 0) is 122 Å². The summed E-state index contributed by atoms with van der Waals surface area (Å²) in [5.74, 6) is 0.501. The van der Waals surface area contributed by atoms with Crippen LogP contribution < -0.4 is 0 Å². The SMILES string of the molecule is Cc1ccc(/C(=C2/C=C3C(=N2)c2ccc(O)cc2C32c3ccccc3-c3ccccc32)c2cc3c([nH]2)-c2ccc(O)cc2C32c3ccccc3-c3ccccc32)cc1. The maximum atomic E-state index is 11.0. The highest BCUT2D eigenvalue weighted by molar-refractivity contribution is 6.24. The van der Waals surface area contributed by atoms with Crippen molar-refractivity contribution in [3.8, 4) is 45.0 Å². The molecule has 3 N–H and O–H groups in total. The zero-order chi connectivity index (χ0) is 38.5. The number of aromatic hydroxyl groups is 2. The number of allylic oxidation sites excluding steroid dienone is 2. The summed E-state index contributed by atoms with van der Waals surface area (Å²) in [4.78, 5) is 9.62. The molecule has 0 unspecified atom stereocenters. The summed E-state index contributed by atoms with van der Waals surface area (Å²) in [6.45, 7) is 2.12. The Kier molecular flexibility index (Phi) is 5.97. The van der Waals surface area contributed by atoms with Crippen molar-refractivity contribution in [3.05, 3.63) is 242 Å². The van der Waals surface area contributed by atoms with Crippen molar-refractivity contribution in [2.75, 3.05) is 0 Å². The van der Waals surface area contributed by atoms with E-state index in [1.54, 1.807) is 12.1 Å². The quantitative estimate of drug-likeness (QED) is 0.165. The standard InChI is InChI=1S/C54H34N2O2/c1-30-18-20-31(21-19-30)50(48-28-46-51(55-48)38-24-22-32(57)26-44(38)53(46)40-14-6-2-10-34(40)35-11-3-7-15-41(35)53)49-29-47-52(56-49)39-25-23-33(58)27-45(39)54(47)42-16-8-4-12-36(42)37-13-5-9-17-43(37)54/h2-29,55,57-58H,1H3/b50-49+. The van der Waals surface area contributed by atoms with Gasteiger partial charge in [-0.25, -0.2) is 4.99 Å². The molecule has 8 aromatic rings. The fourth-order valence-corrected chi connectivity index (χ4v) is 11.3. The van der Waals surface area contributed by atoms with Crippen LogP contribution in [0, 0.1) is 6.92 Å². The van der Waals surface area contributed by atoms with Gasteiger partial charge in [0.15, 0.2) is 0 Å². The summed E-state index contributed by atoms with van der Waals surface area (Å²) in [6, 6.07) is 57.6. The van der Waals surface area contributed by atoms with Crippen LogP contribution in [0.25, 0.3) is 39.1 Å². The molecule has 4 aliphatic carbocycles. The molecule has 58 heavy (non-hydrogen) atoms. The van der Waals surface area contributed by atoms with E-state index in [0.717, 1.165) is 61.8 Å². The summed E-state index contributed by atoms with van der Waals surface area (Å²) in [5.41, 5.74) is 22.1. The summed E-state index contributed by atoms with van der Waals surface area (Å²) >= 11 is 0. The second-order valence-corrected chi connectivity index (χ2v) is 16.3. The van der Waals surface area contributed by atoms with Gasteiger partial charge in [0, 0.05) is 28.0 Å². The van der Waals surface area contributed by atoms with Gasteiger partial charge in [-0.15, -0.1) is 0 Å². The number of H-pyrrole nitrogens is 1. The average molecular weight is 743 g/mol. The highest BCUT2D eigenvalue weighted by Gasteiger charge is 2.56. The van der Waals surface area contributed by atoms with Crippen molar-refractivity contribution in [1.29, 1.82) is 0 Å². The summed E-state index contributed by atoms with van der Waals surface area (Å²) in [7, 11) is 0. The topological polar surface area (TPSA) is 68.6 Å². The van der Waals surface area contributed by atoms with Crippen molar-refractivity contribution >= 4 is 11.3 Å². The van der Waals surface area contributed by atoms with Crippen LogP contribution in [-0.2, 0) is 10.8 Å². The van der Waals surface area contributed by atoms with Gasteiger partial charge in [0.05, 0.1) is 27.9 Å². The Labute approximate surface area is 335 Å². The van der Waals surface area contributed by atoms with E-state index < -0.39 is 10.8 Å². The van der Waals surface area contributed by atoms with E-state index in [9.17, 15) is 10.2 Å². The van der Waals surface area contributed by atoms with Crippen LogP contribution in [0.2, 0.25) is 0 Å². The van der Waals surface area contributed by atoms with E-state index in [4.69, 9.17) is 4.99 Å². The molecule has 0 atom stereocenters. The Balaban J connectivity index is 1.12. The number of nitrogens with one attached hydrogen (secondary N) is 1. The lowest BCUT2D eigenvalue weighted by Gasteiger charge is -2.30. The van der Waals surface area contributed by atoms with Crippen molar-refractivity contribution in [2.24, 2.45) is 4.99 Å². The molecule has 13 rings (SSSR count). The first-order valence-corrected chi connectivity index (χ1v) is 19.9. The molecule has 7 aromatic carbocycles. The molecule has 0 amide bonds. The summed E-state index contributed by atoms with van der Waals surface area (Å²) < 4.78 is 0. The van der Waals surface area contributed by atoms with Gasteiger partial charge in [-0.3, -0.25) is 0 Å². The van der Waals surface area contributed by atoms with Gasteiger partial charge < -0.3 is 15.2 Å². The van der Waals surface area contributed by atoms with Crippen LogP contribution >= 0.6 is 0 Å². The third-order valence-electron chi connectivity index (χ3n) is 13.5. The first-order chi connectivity index (χ1) is 28.5. The maximum Gasteiger partial charge on any atom is 0.115 e. The fraction of sp³-hybridized carbons (Fsp3) is 0.0556. The number of aromatic nitrogens is 1. The number of phenols is 2. The zero-order valence-corrected chi connectivity index (χ0v) is 31.5. The predicted octanol–water partition coefficient (Wildman–Crippen LogP) is 11.6. The minimum Gasteiger partial charge on any atom is -0.508 e. The summed E-state index contributed by atoms with van der Waals surface area (Å²) in [6.07, 6.45) is 2.31. The number of phenolic OH excluding ortho intramolecular Hbond substituents is 2. The Morgan fingerprint density at radius 1 is 0.483 bits per heavy atom. The predicted molar refractivity (Wildman–Crippen MR) is 230 cm³/mol. The maximum absolute atomic E-state index is 11.0. The van der Waals surface area contributed by atoms with Crippen molar-refractivity contribution in [2.45, 2.75) is 17.8 Å². The van der Waals surface area contributed by atoms with Gasteiger partial charge in [0.25, 0.3) is 0 Å². The normalized spacial score (nSPS) is 16.8. The molecule has 0 radical (unpaired) electrons. The molecule has 0 fully saturated rings. The van der Waals surface area contributed by atoms with E-state index >= 15 is 0 Å². The van der Waals surface area contributed by atoms with Crippen molar-refractivity contribution in [1.82, 2.24) is 4.98 Å². The second-order valence-electron chi connectivity index (χ2n) is 16.3. The van der Waals surface area contributed by atoms with Crippen molar-refractivity contribution in [3.63, 3.8) is 0 Å². The van der Waals surface area contributed by atoms with Crippen LogP contribution in [0.1, 0.15) is 61.3 Å². The van der Waals surface area contributed by atoms with Crippen molar-refractivity contribution < 1.29 is 10.2 Å². The lowest BCUT2D eigenvalue weighted by Crippen LogP contribution is -2.26. The Morgan fingerprint density at radius 2 is 0.983 bits per heavy atom. The van der Waals surface area contributed by atoms with Crippen LogP contribution in [0.5, 0.6) is 11.5 Å². The van der Waals surface area contributed by atoms with Crippen LogP contribution in [-0.4, -0.2) is 20.9 Å². The molecule has 0 saturated heterocycles. The highest BCUT2D eigenvalue weighted by atomic mass is 16.3. The van der Waals surface area contributed by atoms with Gasteiger partial charge in [-0.2, -0.15) is 0 Å². The molecule has 1 aliphatic heterocycles.